The van der Waals surface area contributed by atoms with Crippen molar-refractivity contribution in [1.29, 1.82) is 0 Å². The third-order valence-electron chi connectivity index (χ3n) is 6.06. The Labute approximate surface area is 220 Å². The zero-order valence-electron chi connectivity index (χ0n) is 22.1. The number of carboxylic acid groups (broad SMARTS) is 2. The molecule has 0 saturated carbocycles. The minimum atomic E-state index is -1.12. The fourth-order valence-corrected chi connectivity index (χ4v) is 3.80. The van der Waals surface area contributed by atoms with Gasteiger partial charge in [0.05, 0.1) is 12.2 Å². The smallest absolute Gasteiger partial charge is 0.335 e. The van der Waals surface area contributed by atoms with Gasteiger partial charge in [0.15, 0.2) is 0 Å². The number of hydrogen-bond acceptors (Lipinski definition) is 5. The molecule has 0 spiro atoms. The van der Waals surface area contributed by atoms with Crippen LogP contribution in [0.25, 0.3) is 0 Å². The fourth-order valence-electron chi connectivity index (χ4n) is 3.80. The van der Waals surface area contributed by atoms with Crippen molar-refractivity contribution >= 4 is 23.8 Å². The summed E-state index contributed by atoms with van der Waals surface area (Å²) in [5.74, 6) is -1.85. The van der Waals surface area contributed by atoms with Gasteiger partial charge in [0.25, 0.3) is 0 Å². The molecule has 0 saturated heterocycles. The van der Waals surface area contributed by atoms with Crippen molar-refractivity contribution in [3.8, 4) is 5.75 Å². The molecule has 1 unspecified atom stereocenters. The lowest BCUT2D eigenvalue weighted by Crippen LogP contribution is -2.41. The van der Waals surface area contributed by atoms with Crippen LogP contribution < -0.4 is 15.4 Å². The first-order chi connectivity index (χ1) is 17.8. The highest BCUT2D eigenvalue weighted by Crippen LogP contribution is 2.14. The van der Waals surface area contributed by atoms with Crippen LogP contribution in [0.2, 0.25) is 0 Å². The molecule has 0 heterocycles. The molecule has 0 aliphatic rings. The second-order valence-electron chi connectivity index (χ2n) is 9.31. The normalized spacial score (nSPS) is 11.5. The molecular formula is C28H44N2O7. The maximum Gasteiger partial charge on any atom is 0.335 e. The van der Waals surface area contributed by atoms with E-state index in [0.29, 0.717) is 25.3 Å². The number of carboxylic acids is 2. The van der Waals surface area contributed by atoms with E-state index in [-0.39, 0.29) is 30.2 Å². The van der Waals surface area contributed by atoms with E-state index in [2.05, 4.69) is 10.6 Å². The van der Waals surface area contributed by atoms with E-state index >= 15 is 0 Å². The van der Waals surface area contributed by atoms with Crippen LogP contribution in [-0.2, 0) is 14.4 Å². The molecule has 1 aromatic rings. The van der Waals surface area contributed by atoms with Gasteiger partial charge in [0.2, 0.25) is 11.8 Å². The maximum absolute atomic E-state index is 12.1. The highest BCUT2D eigenvalue weighted by molar-refractivity contribution is 5.87. The zero-order valence-corrected chi connectivity index (χ0v) is 22.1. The topological polar surface area (TPSA) is 142 Å². The molecule has 1 rings (SSSR count). The van der Waals surface area contributed by atoms with E-state index < -0.39 is 18.0 Å². The number of nitrogens with one attached hydrogen (secondary N) is 2. The molecule has 4 N–H and O–H groups in total. The number of ether oxygens (including phenoxy) is 1. The number of aromatic carboxylic acids is 1. The van der Waals surface area contributed by atoms with E-state index in [1.54, 1.807) is 12.1 Å². The average molecular weight is 521 g/mol. The first kappa shape index (κ1) is 31.9. The van der Waals surface area contributed by atoms with Gasteiger partial charge < -0.3 is 25.6 Å². The molecule has 0 fully saturated rings. The van der Waals surface area contributed by atoms with Crippen LogP contribution in [0.4, 0.5) is 0 Å². The molecule has 1 aromatic carbocycles. The SMILES string of the molecule is CCCCNC(=O)CCC(NC(=O)CCCCCCCCCCCOc1ccc(C(=O)O)cc1)C(=O)O. The first-order valence-corrected chi connectivity index (χ1v) is 13.6. The highest BCUT2D eigenvalue weighted by atomic mass is 16.5. The summed E-state index contributed by atoms with van der Waals surface area (Å²) in [4.78, 5) is 46.1. The maximum atomic E-state index is 12.1. The lowest BCUT2D eigenvalue weighted by molar-refractivity contribution is -0.142. The van der Waals surface area contributed by atoms with E-state index in [9.17, 15) is 24.3 Å². The lowest BCUT2D eigenvalue weighted by Gasteiger charge is -2.14. The number of hydrogen-bond donors (Lipinski definition) is 4. The van der Waals surface area contributed by atoms with Crippen LogP contribution in [-0.4, -0.2) is 53.2 Å². The van der Waals surface area contributed by atoms with Crippen LogP contribution in [0.1, 0.15) is 107 Å². The lowest BCUT2D eigenvalue weighted by atomic mass is 10.1. The minimum Gasteiger partial charge on any atom is -0.494 e. The Hall–Kier alpha value is -3.10. The highest BCUT2D eigenvalue weighted by Gasteiger charge is 2.20. The molecule has 0 radical (unpaired) electrons. The van der Waals surface area contributed by atoms with Crippen molar-refractivity contribution in [2.24, 2.45) is 0 Å². The number of carbonyl (C=O) groups is 4. The quantitative estimate of drug-likeness (QED) is 0.159. The van der Waals surface area contributed by atoms with Gasteiger partial charge in [0, 0.05) is 19.4 Å². The van der Waals surface area contributed by atoms with Gasteiger partial charge in [-0.05, 0) is 49.9 Å². The Balaban J connectivity index is 1.99. The molecule has 0 aliphatic heterocycles. The van der Waals surface area contributed by atoms with Crippen molar-refractivity contribution < 1.29 is 34.1 Å². The van der Waals surface area contributed by atoms with Crippen molar-refractivity contribution in [3.63, 3.8) is 0 Å². The van der Waals surface area contributed by atoms with Crippen LogP contribution in [0.15, 0.2) is 24.3 Å². The number of unbranched alkanes of at least 4 members (excludes halogenated alkanes) is 9. The molecule has 0 aliphatic carbocycles. The van der Waals surface area contributed by atoms with Crippen molar-refractivity contribution in [3.05, 3.63) is 29.8 Å². The van der Waals surface area contributed by atoms with Gasteiger partial charge in [-0.2, -0.15) is 0 Å². The largest absolute Gasteiger partial charge is 0.494 e. The van der Waals surface area contributed by atoms with E-state index in [1.165, 1.54) is 12.1 Å². The number of amides is 2. The van der Waals surface area contributed by atoms with Crippen LogP contribution in [0.5, 0.6) is 5.75 Å². The first-order valence-electron chi connectivity index (χ1n) is 13.6. The Bertz CT molecular complexity index is 811. The molecule has 0 aromatic heterocycles. The van der Waals surface area contributed by atoms with Crippen LogP contribution >= 0.6 is 0 Å². The summed E-state index contributed by atoms with van der Waals surface area (Å²) in [7, 11) is 0. The monoisotopic (exact) mass is 520 g/mol. The van der Waals surface area contributed by atoms with Crippen molar-refractivity contribution in [2.75, 3.05) is 13.2 Å². The summed E-state index contributed by atoms with van der Waals surface area (Å²) in [6, 6.07) is 5.39. The molecule has 9 heteroatoms. The zero-order chi connectivity index (χ0) is 27.3. The summed E-state index contributed by atoms with van der Waals surface area (Å²) in [5.41, 5.74) is 0.248. The van der Waals surface area contributed by atoms with Crippen molar-refractivity contribution in [1.82, 2.24) is 10.6 Å². The second kappa shape index (κ2) is 20.0. The average Bonchev–Trinajstić information content (AvgIpc) is 2.87. The fraction of sp³-hybridized carbons (Fsp3) is 0.643. The van der Waals surface area contributed by atoms with E-state index in [4.69, 9.17) is 9.84 Å². The van der Waals surface area contributed by atoms with Crippen LogP contribution in [0, 0.1) is 0 Å². The summed E-state index contributed by atoms with van der Waals surface area (Å²) in [6.45, 7) is 3.23. The van der Waals surface area contributed by atoms with E-state index in [0.717, 1.165) is 70.6 Å². The molecule has 208 valence electrons. The van der Waals surface area contributed by atoms with Gasteiger partial charge >= 0.3 is 11.9 Å². The van der Waals surface area contributed by atoms with Crippen LogP contribution in [0.3, 0.4) is 0 Å². The molecule has 37 heavy (non-hydrogen) atoms. The van der Waals surface area contributed by atoms with E-state index in [1.807, 2.05) is 6.92 Å². The van der Waals surface area contributed by atoms with Gasteiger partial charge in [0.1, 0.15) is 11.8 Å². The van der Waals surface area contributed by atoms with Gasteiger partial charge in [-0.25, -0.2) is 9.59 Å². The van der Waals surface area contributed by atoms with Gasteiger partial charge in [-0.3, -0.25) is 9.59 Å². The minimum absolute atomic E-state index is 0.0797. The van der Waals surface area contributed by atoms with Gasteiger partial charge in [-0.15, -0.1) is 0 Å². The summed E-state index contributed by atoms with van der Waals surface area (Å²) in [5, 5.41) is 23.5. The third kappa shape index (κ3) is 16.3. The molecule has 1 atom stereocenters. The third-order valence-corrected chi connectivity index (χ3v) is 6.06. The number of carbonyl (C=O) groups excluding carboxylic acids is 2. The number of rotatable bonds is 22. The molecule has 2 amide bonds. The molecular weight excluding hydrogens is 476 g/mol. The summed E-state index contributed by atoms with van der Waals surface area (Å²) in [6.07, 6.45) is 11.6. The summed E-state index contributed by atoms with van der Waals surface area (Å²) >= 11 is 0. The number of aliphatic carboxylic acids is 1. The number of benzene rings is 1. The Morgan fingerprint density at radius 3 is 1.95 bits per heavy atom. The summed E-state index contributed by atoms with van der Waals surface area (Å²) < 4.78 is 5.64. The molecule has 9 nitrogen and oxygen atoms in total. The van der Waals surface area contributed by atoms with Gasteiger partial charge in [-0.1, -0.05) is 58.3 Å². The van der Waals surface area contributed by atoms with Crippen molar-refractivity contribution in [2.45, 2.75) is 103 Å². The Kier molecular flexibility index (Phi) is 17.3. The standard InChI is InChI=1S/C28H44N2O7/c1-2-3-20-29-25(31)19-18-24(28(35)36)30-26(32)13-11-9-7-5-4-6-8-10-12-21-37-23-16-14-22(15-17-23)27(33)34/h14-17,24H,2-13,18-21H2,1H3,(H,29,31)(H,30,32)(H,33,34)(H,35,36). The Morgan fingerprint density at radius 2 is 1.38 bits per heavy atom. The second-order valence-corrected chi connectivity index (χ2v) is 9.31. The predicted octanol–water partition coefficient (Wildman–Crippen LogP) is 4.93. The predicted molar refractivity (Wildman–Crippen MR) is 142 cm³/mol. The Morgan fingerprint density at radius 1 is 0.784 bits per heavy atom. The molecule has 0 bridgehead atoms.